The number of fused-ring (bicyclic) bond motifs is 1. The minimum absolute atomic E-state index is 0.447. The molecule has 0 unspecified atom stereocenters. The molecule has 104 valence electrons. The second-order valence-electron chi connectivity index (χ2n) is 4.83. The Hall–Kier alpha value is -2.01. The van der Waals surface area contributed by atoms with E-state index in [1.807, 2.05) is 41.4 Å². The number of nitrogens with two attached hydrogens (primary N) is 1. The van der Waals surface area contributed by atoms with Crippen LogP contribution in [0.25, 0.3) is 16.9 Å². The van der Waals surface area contributed by atoms with E-state index in [1.165, 1.54) is 0 Å². The lowest BCUT2D eigenvalue weighted by molar-refractivity contribution is 0.751. The normalized spacial score (nSPS) is 11.4. The van der Waals surface area contributed by atoms with Crippen LogP contribution in [0.2, 0.25) is 5.02 Å². The van der Waals surface area contributed by atoms with Gasteiger partial charge in [0.1, 0.15) is 5.52 Å². The molecule has 2 N–H and O–H groups in total. The van der Waals surface area contributed by atoms with Gasteiger partial charge in [-0.2, -0.15) is 5.10 Å². The van der Waals surface area contributed by atoms with E-state index in [1.54, 1.807) is 0 Å². The Morgan fingerprint density at radius 1 is 1.35 bits per heavy atom. The molecule has 3 rings (SSSR count). The smallest absolute Gasteiger partial charge is 0.207 e. The summed E-state index contributed by atoms with van der Waals surface area (Å²) in [6, 6.07) is 5.85. The second kappa shape index (κ2) is 4.52. The van der Waals surface area contributed by atoms with Crippen LogP contribution in [0.3, 0.4) is 0 Å². The molecule has 3 aromatic rings. The molecule has 5 nitrogen and oxygen atoms in total. The number of rotatable bonds is 2. The highest BCUT2D eigenvalue weighted by Gasteiger charge is 2.18. The average molecular weight is 290 g/mol. The first-order valence-electron chi connectivity index (χ1n) is 6.49. The minimum atomic E-state index is 0.447. The zero-order valence-corrected chi connectivity index (χ0v) is 12.4. The van der Waals surface area contributed by atoms with E-state index in [-0.39, 0.29) is 0 Å². The van der Waals surface area contributed by atoms with Crippen LogP contribution in [0, 0.1) is 6.92 Å². The third kappa shape index (κ3) is 1.78. The molecule has 2 aromatic heterocycles. The van der Waals surface area contributed by atoms with Crippen LogP contribution in [0.4, 0.5) is 5.95 Å². The van der Waals surface area contributed by atoms with E-state index in [0.717, 1.165) is 34.5 Å². The van der Waals surface area contributed by atoms with E-state index in [0.29, 0.717) is 11.0 Å². The van der Waals surface area contributed by atoms with Gasteiger partial charge in [-0.25, -0.2) is 9.67 Å². The molecule has 1 aromatic carbocycles. The molecule has 0 saturated heterocycles. The summed E-state index contributed by atoms with van der Waals surface area (Å²) in [6.45, 7) is 4.03. The van der Waals surface area contributed by atoms with Crippen molar-refractivity contribution in [2.45, 2.75) is 20.3 Å². The molecule has 0 saturated carbocycles. The number of nitrogen functional groups attached to an aromatic ring is 1. The number of imidazole rings is 1. The quantitative estimate of drug-likeness (QED) is 0.789. The molecule has 0 aliphatic rings. The van der Waals surface area contributed by atoms with Crippen molar-refractivity contribution in [3.05, 3.63) is 34.5 Å². The largest absolute Gasteiger partial charge is 0.369 e. The van der Waals surface area contributed by atoms with E-state index in [9.17, 15) is 0 Å². The van der Waals surface area contributed by atoms with Gasteiger partial charge in [0.25, 0.3) is 0 Å². The Morgan fingerprint density at radius 3 is 2.75 bits per heavy atom. The third-order valence-corrected chi connectivity index (χ3v) is 3.89. The van der Waals surface area contributed by atoms with Crippen molar-refractivity contribution in [2.75, 3.05) is 5.73 Å². The van der Waals surface area contributed by atoms with E-state index >= 15 is 0 Å². The van der Waals surface area contributed by atoms with Crippen molar-refractivity contribution in [2.24, 2.45) is 7.05 Å². The highest BCUT2D eigenvalue weighted by atomic mass is 35.5. The summed E-state index contributed by atoms with van der Waals surface area (Å²) in [6.07, 6.45) is 0.822. The summed E-state index contributed by atoms with van der Waals surface area (Å²) in [7, 11) is 1.90. The molecule has 0 fully saturated rings. The molecule has 0 amide bonds. The number of halogens is 1. The van der Waals surface area contributed by atoms with Crippen LogP contribution in [0.15, 0.2) is 18.2 Å². The number of aromatic nitrogens is 4. The molecule has 2 heterocycles. The van der Waals surface area contributed by atoms with Crippen LogP contribution < -0.4 is 5.73 Å². The Labute approximate surface area is 122 Å². The van der Waals surface area contributed by atoms with E-state index in [2.05, 4.69) is 17.0 Å². The van der Waals surface area contributed by atoms with Crippen LogP contribution in [0.1, 0.15) is 18.2 Å². The lowest BCUT2D eigenvalue weighted by Gasteiger charge is -2.08. The predicted molar refractivity (Wildman–Crippen MR) is 81.4 cm³/mol. The maximum atomic E-state index is 6.21. The Balaban J connectivity index is 2.32. The van der Waals surface area contributed by atoms with E-state index in [4.69, 9.17) is 17.3 Å². The Morgan fingerprint density at radius 2 is 2.10 bits per heavy atom. The summed E-state index contributed by atoms with van der Waals surface area (Å²) < 4.78 is 3.69. The number of hydrogen-bond donors (Lipinski definition) is 1. The summed E-state index contributed by atoms with van der Waals surface area (Å²) in [5.41, 5.74) is 10.7. The number of hydrogen-bond acceptors (Lipinski definition) is 3. The summed E-state index contributed by atoms with van der Waals surface area (Å²) >= 11 is 6.21. The van der Waals surface area contributed by atoms with E-state index < -0.39 is 0 Å². The lowest BCUT2D eigenvalue weighted by atomic mass is 10.2. The molecular formula is C14H16ClN5. The van der Waals surface area contributed by atoms with Crippen LogP contribution in [-0.2, 0) is 13.5 Å². The van der Waals surface area contributed by atoms with Crippen LogP contribution in [-0.4, -0.2) is 19.3 Å². The fourth-order valence-electron chi connectivity index (χ4n) is 2.41. The number of benzene rings is 1. The Bertz CT molecular complexity index is 800. The van der Waals surface area contributed by atoms with Crippen LogP contribution >= 0.6 is 11.6 Å². The van der Waals surface area contributed by atoms with Crippen molar-refractivity contribution in [1.29, 1.82) is 0 Å². The number of anilines is 1. The first-order chi connectivity index (χ1) is 9.52. The highest BCUT2D eigenvalue weighted by Crippen LogP contribution is 2.27. The van der Waals surface area contributed by atoms with Gasteiger partial charge in [0, 0.05) is 12.1 Å². The minimum Gasteiger partial charge on any atom is -0.369 e. The monoisotopic (exact) mass is 289 g/mol. The SMILES string of the molecule is CCc1nn(C)c2c1nc(N)n2-c1ccc(C)c(Cl)c1. The summed E-state index contributed by atoms with van der Waals surface area (Å²) in [5.74, 6) is 0.447. The van der Waals surface area contributed by atoms with Gasteiger partial charge in [-0.15, -0.1) is 0 Å². The van der Waals surface area contributed by atoms with Gasteiger partial charge in [0.05, 0.1) is 11.4 Å². The fourth-order valence-corrected chi connectivity index (χ4v) is 2.58. The maximum absolute atomic E-state index is 6.21. The molecule has 0 radical (unpaired) electrons. The van der Waals surface area contributed by atoms with Crippen molar-refractivity contribution < 1.29 is 0 Å². The first-order valence-corrected chi connectivity index (χ1v) is 6.87. The van der Waals surface area contributed by atoms with Crippen molar-refractivity contribution >= 4 is 28.7 Å². The molecule has 6 heteroatoms. The third-order valence-electron chi connectivity index (χ3n) is 3.48. The number of aryl methyl sites for hydroxylation is 3. The maximum Gasteiger partial charge on any atom is 0.207 e. The Kier molecular flexibility index (Phi) is 2.94. The van der Waals surface area contributed by atoms with Crippen molar-refractivity contribution in [1.82, 2.24) is 19.3 Å². The average Bonchev–Trinajstić information content (AvgIpc) is 2.90. The van der Waals surface area contributed by atoms with Gasteiger partial charge < -0.3 is 5.73 Å². The lowest BCUT2D eigenvalue weighted by Crippen LogP contribution is -2.05. The molecule has 0 aliphatic heterocycles. The highest BCUT2D eigenvalue weighted by molar-refractivity contribution is 6.31. The van der Waals surface area contributed by atoms with Gasteiger partial charge in [-0.05, 0) is 31.0 Å². The van der Waals surface area contributed by atoms with Crippen molar-refractivity contribution in [3.63, 3.8) is 0 Å². The molecular weight excluding hydrogens is 274 g/mol. The summed E-state index contributed by atoms with van der Waals surface area (Å²) in [4.78, 5) is 4.45. The first kappa shape index (κ1) is 13.0. The molecule has 0 bridgehead atoms. The topological polar surface area (TPSA) is 61.7 Å². The van der Waals surface area contributed by atoms with Gasteiger partial charge in [-0.1, -0.05) is 24.6 Å². The molecule has 20 heavy (non-hydrogen) atoms. The predicted octanol–water partition coefficient (Wildman–Crippen LogP) is 2.87. The van der Waals surface area contributed by atoms with Gasteiger partial charge >= 0.3 is 0 Å². The van der Waals surface area contributed by atoms with Gasteiger partial charge in [-0.3, -0.25) is 4.57 Å². The summed E-state index contributed by atoms with van der Waals surface area (Å²) in [5, 5.41) is 5.19. The van der Waals surface area contributed by atoms with Crippen molar-refractivity contribution in [3.8, 4) is 5.69 Å². The molecule has 0 atom stereocenters. The zero-order chi connectivity index (χ0) is 14.4. The zero-order valence-electron chi connectivity index (χ0n) is 11.7. The molecule has 0 aliphatic carbocycles. The second-order valence-corrected chi connectivity index (χ2v) is 5.24. The van der Waals surface area contributed by atoms with Crippen LogP contribution in [0.5, 0.6) is 0 Å². The van der Waals surface area contributed by atoms with Gasteiger partial charge in [0.15, 0.2) is 5.65 Å². The standard InChI is InChI=1S/C14H16ClN5/c1-4-11-12-13(19(3)18-11)20(14(16)17-12)9-6-5-8(2)10(15)7-9/h5-7H,4H2,1-3H3,(H2,16,17). The fraction of sp³-hybridized carbons (Fsp3) is 0.286. The van der Waals surface area contributed by atoms with Gasteiger partial charge in [0.2, 0.25) is 5.95 Å². The number of nitrogens with zero attached hydrogens (tertiary/aromatic N) is 4. The molecule has 0 spiro atoms.